The highest BCUT2D eigenvalue weighted by Gasteiger charge is 2.34. The average Bonchev–Trinajstić information content (AvgIpc) is 3.30. The summed E-state index contributed by atoms with van der Waals surface area (Å²) >= 11 is 0. The molecule has 4 rings (SSSR count). The largest absolute Gasteiger partial charge is 0.484 e. The van der Waals surface area contributed by atoms with Crippen molar-refractivity contribution in [2.45, 2.75) is 38.3 Å². The van der Waals surface area contributed by atoms with Crippen molar-refractivity contribution >= 4 is 15.7 Å². The van der Waals surface area contributed by atoms with Gasteiger partial charge >= 0.3 is 0 Å². The van der Waals surface area contributed by atoms with Crippen LogP contribution in [0.25, 0.3) is 0 Å². The fourth-order valence-electron chi connectivity index (χ4n) is 4.09. The molecule has 0 bridgehead atoms. The summed E-state index contributed by atoms with van der Waals surface area (Å²) in [5, 5.41) is 0. The van der Waals surface area contributed by atoms with Crippen molar-refractivity contribution in [3.8, 4) is 5.75 Å². The molecule has 5 nitrogen and oxygen atoms in total. The Balaban J connectivity index is 1.46. The monoisotopic (exact) mass is 399 g/mol. The molecular weight excluding hydrogens is 374 g/mol. The Morgan fingerprint density at radius 2 is 1.86 bits per heavy atom. The molecule has 1 aliphatic carbocycles. The second-order valence-electron chi connectivity index (χ2n) is 7.64. The summed E-state index contributed by atoms with van der Waals surface area (Å²) < 4.78 is 29.7. The molecule has 1 heterocycles. The van der Waals surface area contributed by atoms with E-state index < -0.39 is 9.84 Å². The van der Waals surface area contributed by atoms with Crippen molar-refractivity contribution in [1.82, 2.24) is 4.90 Å². The van der Waals surface area contributed by atoms with E-state index in [1.807, 2.05) is 42.5 Å². The molecule has 0 radical (unpaired) electrons. The highest BCUT2D eigenvalue weighted by atomic mass is 32.2. The van der Waals surface area contributed by atoms with E-state index in [1.165, 1.54) is 17.5 Å². The van der Waals surface area contributed by atoms with Crippen LogP contribution >= 0.6 is 0 Å². The molecule has 1 atom stereocenters. The zero-order valence-electron chi connectivity index (χ0n) is 15.8. The molecule has 0 spiro atoms. The quantitative estimate of drug-likeness (QED) is 0.749. The van der Waals surface area contributed by atoms with Crippen molar-refractivity contribution in [1.29, 1.82) is 0 Å². The molecule has 1 fully saturated rings. The third kappa shape index (κ3) is 4.38. The number of carbonyl (C=O) groups excluding carboxylic acids is 1. The van der Waals surface area contributed by atoms with Crippen LogP contribution in [-0.2, 0) is 34.0 Å². The molecule has 2 aromatic rings. The molecule has 28 heavy (non-hydrogen) atoms. The Labute approximate surface area is 166 Å². The van der Waals surface area contributed by atoms with Gasteiger partial charge in [0.15, 0.2) is 16.4 Å². The molecule has 2 aromatic carbocycles. The second-order valence-corrected chi connectivity index (χ2v) is 9.87. The topological polar surface area (TPSA) is 63.7 Å². The predicted octanol–water partition coefficient (Wildman–Crippen LogP) is 2.77. The van der Waals surface area contributed by atoms with E-state index in [2.05, 4.69) is 6.07 Å². The zero-order chi connectivity index (χ0) is 19.6. The van der Waals surface area contributed by atoms with Crippen molar-refractivity contribution in [3.63, 3.8) is 0 Å². The summed E-state index contributed by atoms with van der Waals surface area (Å²) in [4.78, 5) is 14.6. The Morgan fingerprint density at radius 3 is 2.61 bits per heavy atom. The minimum atomic E-state index is -3.07. The van der Waals surface area contributed by atoms with Crippen LogP contribution in [0.15, 0.2) is 48.5 Å². The summed E-state index contributed by atoms with van der Waals surface area (Å²) in [6.45, 7) is 0.315. The van der Waals surface area contributed by atoms with Gasteiger partial charge in [-0.05, 0) is 54.5 Å². The number of rotatable bonds is 6. The van der Waals surface area contributed by atoms with Gasteiger partial charge < -0.3 is 9.64 Å². The summed E-state index contributed by atoms with van der Waals surface area (Å²) in [6.07, 6.45) is 3.81. The molecule has 0 saturated carbocycles. The maximum Gasteiger partial charge on any atom is 0.261 e. The van der Waals surface area contributed by atoms with Crippen LogP contribution in [0.1, 0.15) is 29.5 Å². The number of ether oxygens (including phenoxy) is 1. The van der Waals surface area contributed by atoms with Gasteiger partial charge in [-0.1, -0.05) is 36.4 Å². The lowest BCUT2D eigenvalue weighted by Gasteiger charge is -2.28. The highest BCUT2D eigenvalue weighted by Crippen LogP contribution is 2.26. The molecular formula is C22H25NO4S. The minimum Gasteiger partial charge on any atom is -0.484 e. The molecule has 0 aromatic heterocycles. The molecule has 6 heteroatoms. The smallest absolute Gasteiger partial charge is 0.261 e. The van der Waals surface area contributed by atoms with Crippen molar-refractivity contribution in [2.75, 3.05) is 18.1 Å². The molecule has 0 N–H and O–H groups in total. The van der Waals surface area contributed by atoms with Gasteiger partial charge in [0, 0.05) is 12.6 Å². The van der Waals surface area contributed by atoms with E-state index in [9.17, 15) is 13.2 Å². The van der Waals surface area contributed by atoms with Crippen LogP contribution in [0, 0.1) is 0 Å². The highest BCUT2D eigenvalue weighted by molar-refractivity contribution is 7.91. The summed E-state index contributed by atoms with van der Waals surface area (Å²) in [5.41, 5.74) is 3.64. The van der Waals surface area contributed by atoms with Gasteiger partial charge in [-0.25, -0.2) is 8.42 Å². The number of carbonyl (C=O) groups is 1. The van der Waals surface area contributed by atoms with Crippen LogP contribution in [0.5, 0.6) is 5.75 Å². The van der Waals surface area contributed by atoms with E-state index in [0.29, 0.717) is 18.7 Å². The first kappa shape index (κ1) is 19.0. The Kier molecular flexibility index (Phi) is 5.40. The number of fused-ring (bicyclic) bond motifs is 1. The van der Waals surface area contributed by atoms with Crippen molar-refractivity contribution in [2.24, 2.45) is 0 Å². The van der Waals surface area contributed by atoms with E-state index in [4.69, 9.17) is 4.74 Å². The van der Waals surface area contributed by atoms with Gasteiger partial charge in [-0.3, -0.25) is 4.79 Å². The van der Waals surface area contributed by atoms with Crippen molar-refractivity contribution in [3.05, 3.63) is 65.2 Å². The predicted molar refractivity (Wildman–Crippen MR) is 108 cm³/mol. The maximum atomic E-state index is 13.0. The van der Waals surface area contributed by atoms with Gasteiger partial charge in [0.25, 0.3) is 5.91 Å². The minimum absolute atomic E-state index is 0.0322. The number of aryl methyl sites for hydroxylation is 2. The van der Waals surface area contributed by atoms with Crippen molar-refractivity contribution < 1.29 is 17.9 Å². The van der Waals surface area contributed by atoms with Gasteiger partial charge in [-0.2, -0.15) is 0 Å². The average molecular weight is 400 g/mol. The van der Waals surface area contributed by atoms with Crippen LogP contribution in [0.3, 0.4) is 0 Å². The zero-order valence-corrected chi connectivity index (χ0v) is 16.7. The van der Waals surface area contributed by atoms with Gasteiger partial charge in [0.2, 0.25) is 0 Å². The van der Waals surface area contributed by atoms with E-state index in [1.54, 1.807) is 4.90 Å². The third-order valence-electron chi connectivity index (χ3n) is 5.60. The van der Waals surface area contributed by atoms with Gasteiger partial charge in [0.05, 0.1) is 11.5 Å². The van der Waals surface area contributed by atoms with Crippen LogP contribution in [0.2, 0.25) is 0 Å². The summed E-state index contributed by atoms with van der Waals surface area (Å²) in [5.74, 6) is 0.700. The van der Waals surface area contributed by atoms with Crippen LogP contribution in [0.4, 0.5) is 0 Å². The summed E-state index contributed by atoms with van der Waals surface area (Å²) in [7, 11) is -3.07. The normalized spacial score (nSPS) is 19.9. The van der Waals surface area contributed by atoms with Gasteiger partial charge in [-0.15, -0.1) is 0 Å². The number of amides is 1. The molecule has 148 valence electrons. The molecule has 0 unspecified atom stereocenters. The Bertz CT molecular complexity index is 956. The molecule has 1 aliphatic heterocycles. The van der Waals surface area contributed by atoms with E-state index >= 15 is 0 Å². The number of hydrogen-bond donors (Lipinski definition) is 0. The fraction of sp³-hybridized carbons (Fsp3) is 0.409. The van der Waals surface area contributed by atoms with Gasteiger partial charge in [0.1, 0.15) is 5.75 Å². The standard InChI is InChI=1S/C22H25NO4S/c24-22(15-27-21-10-9-18-7-4-8-19(18)13-21)23(14-17-5-2-1-3-6-17)20-11-12-28(25,26)16-20/h1-3,5-6,9-10,13,20H,4,7-8,11-12,14-16H2/t20-/m1/s1. The lowest BCUT2D eigenvalue weighted by atomic mass is 10.1. The maximum absolute atomic E-state index is 13.0. The SMILES string of the molecule is O=C(COc1ccc2c(c1)CCC2)N(Cc1ccccc1)[C@@H]1CCS(=O)(=O)C1. The van der Waals surface area contributed by atoms with E-state index in [-0.39, 0.29) is 30.1 Å². The molecule has 2 aliphatic rings. The third-order valence-corrected chi connectivity index (χ3v) is 7.35. The Morgan fingerprint density at radius 1 is 1.07 bits per heavy atom. The lowest BCUT2D eigenvalue weighted by molar-refractivity contribution is -0.136. The first-order chi connectivity index (χ1) is 13.5. The Hall–Kier alpha value is -2.34. The van der Waals surface area contributed by atoms with E-state index in [0.717, 1.165) is 18.4 Å². The molecule has 1 saturated heterocycles. The first-order valence-corrected chi connectivity index (χ1v) is 11.6. The number of sulfone groups is 1. The summed E-state index contributed by atoms with van der Waals surface area (Å²) in [6, 6.07) is 15.4. The van der Waals surface area contributed by atoms with Crippen LogP contribution < -0.4 is 4.74 Å². The first-order valence-electron chi connectivity index (χ1n) is 9.79. The fourth-order valence-corrected chi connectivity index (χ4v) is 5.82. The number of hydrogen-bond acceptors (Lipinski definition) is 4. The molecule has 1 amide bonds. The lowest BCUT2D eigenvalue weighted by Crippen LogP contribution is -2.43. The second kappa shape index (κ2) is 7.95. The van der Waals surface area contributed by atoms with Crippen LogP contribution in [-0.4, -0.2) is 43.4 Å². The number of benzene rings is 2. The number of nitrogens with zero attached hydrogens (tertiary/aromatic N) is 1.